The normalized spacial score (nSPS) is 10.6. The molecule has 0 aliphatic carbocycles. The van der Waals surface area contributed by atoms with Gasteiger partial charge in [0.1, 0.15) is 0 Å². The van der Waals surface area contributed by atoms with Crippen LogP contribution in [0.1, 0.15) is 17.4 Å². The molecule has 2 aromatic heterocycles. The average Bonchev–Trinajstić information content (AvgIpc) is 3.23. The minimum Gasteiger partial charge on any atom is -0.493 e. The topological polar surface area (TPSA) is 81.9 Å². The van der Waals surface area contributed by atoms with Gasteiger partial charge in [-0.15, -0.1) is 10.2 Å². The van der Waals surface area contributed by atoms with Gasteiger partial charge in [-0.3, -0.25) is 10.1 Å². The second-order valence-corrected chi connectivity index (χ2v) is 7.08. The predicted octanol–water partition coefficient (Wildman–Crippen LogP) is 3.10. The summed E-state index contributed by atoms with van der Waals surface area (Å²) < 4.78 is 7.69. The van der Waals surface area contributed by atoms with Gasteiger partial charge in [0.2, 0.25) is 5.13 Å². The van der Waals surface area contributed by atoms with Crippen LogP contribution in [0.15, 0.2) is 40.9 Å². The molecule has 0 spiro atoms. The second-order valence-electron chi connectivity index (χ2n) is 4.59. The van der Waals surface area contributed by atoms with Crippen LogP contribution in [0.25, 0.3) is 5.69 Å². The fourth-order valence-electron chi connectivity index (χ4n) is 1.98. The molecule has 0 fully saturated rings. The van der Waals surface area contributed by atoms with E-state index in [4.69, 9.17) is 4.74 Å². The lowest BCUT2D eigenvalue weighted by Crippen LogP contribution is -2.14. The Hall–Kier alpha value is -2.39. The zero-order chi connectivity index (χ0) is 16.9. The number of nitrogens with one attached hydrogen (secondary N) is 1. The highest BCUT2D eigenvalue weighted by Crippen LogP contribution is 2.26. The van der Waals surface area contributed by atoms with Gasteiger partial charge in [-0.05, 0) is 17.9 Å². The smallest absolute Gasteiger partial charge is 0.281 e. The number of hydrogen-bond acceptors (Lipinski definition) is 7. The van der Waals surface area contributed by atoms with E-state index in [2.05, 4.69) is 20.6 Å². The number of benzene rings is 1. The number of nitrogens with zero attached hydrogens (tertiary/aromatic N) is 4. The number of rotatable bonds is 6. The maximum atomic E-state index is 12.5. The molecule has 0 saturated heterocycles. The third-order valence-electron chi connectivity index (χ3n) is 3.03. The van der Waals surface area contributed by atoms with E-state index in [9.17, 15) is 4.79 Å². The van der Waals surface area contributed by atoms with E-state index in [1.165, 1.54) is 18.4 Å². The molecule has 1 aromatic carbocycles. The van der Waals surface area contributed by atoms with Gasteiger partial charge in [0.05, 0.1) is 19.0 Å². The molecule has 0 radical (unpaired) electrons. The summed E-state index contributed by atoms with van der Waals surface area (Å²) in [4.78, 5) is 12.5. The monoisotopic (exact) mass is 361 g/mol. The largest absolute Gasteiger partial charge is 0.493 e. The van der Waals surface area contributed by atoms with E-state index < -0.39 is 0 Å². The van der Waals surface area contributed by atoms with Crippen molar-refractivity contribution in [1.29, 1.82) is 0 Å². The highest BCUT2D eigenvalue weighted by Gasteiger charge is 2.20. The van der Waals surface area contributed by atoms with Gasteiger partial charge < -0.3 is 4.74 Å². The molecule has 0 bridgehead atoms. The summed E-state index contributed by atoms with van der Waals surface area (Å²) >= 11 is 2.91. The number of carbonyl (C=O) groups excluding carboxylic acids is 1. The Bertz CT molecular complexity index is 832. The molecule has 0 aliphatic heterocycles. The van der Waals surface area contributed by atoms with Gasteiger partial charge in [-0.2, -0.15) is 5.10 Å². The molecule has 2 heterocycles. The number of amides is 1. The molecule has 0 unspecified atom stereocenters. The Labute approximate surface area is 147 Å². The number of anilines is 1. The van der Waals surface area contributed by atoms with Crippen molar-refractivity contribution in [2.45, 2.75) is 11.3 Å². The Morgan fingerprint density at radius 1 is 1.33 bits per heavy atom. The summed E-state index contributed by atoms with van der Waals surface area (Å²) in [5, 5.41) is 15.4. The molecule has 3 rings (SSSR count). The molecule has 0 atom stereocenters. The van der Waals surface area contributed by atoms with Gasteiger partial charge in [-0.1, -0.05) is 48.2 Å². The fourth-order valence-corrected chi connectivity index (χ4v) is 3.62. The van der Waals surface area contributed by atoms with Crippen molar-refractivity contribution in [1.82, 2.24) is 20.0 Å². The number of carbonyl (C=O) groups is 1. The molecule has 24 heavy (non-hydrogen) atoms. The van der Waals surface area contributed by atoms with Gasteiger partial charge in [-0.25, -0.2) is 4.68 Å². The Balaban J connectivity index is 1.82. The van der Waals surface area contributed by atoms with E-state index in [-0.39, 0.29) is 11.6 Å². The van der Waals surface area contributed by atoms with Crippen molar-refractivity contribution in [2.75, 3.05) is 18.2 Å². The first kappa shape index (κ1) is 16.5. The highest BCUT2D eigenvalue weighted by molar-refractivity contribution is 8.01. The van der Waals surface area contributed by atoms with Crippen LogP contribution < -0.4 is 10.1 Å². The molecular formula is C15H15N5O2S2. The van der Waals surface area contributed by atoms with Gasteiger partial charge in [0.15, 0.2) is 15.8 Å². The quantitative estimate of drug-likeness (QED) is 0.537. The van der Waals surface area contributed by atoms with Crippen molar-refractivity contribution in [2.24, 2.45) is 0 Å². The number of hydrogen-bond donors (Lipinski definition) is 1. The number of aromatic nitrogens is 4. The summed E-state index contributed by atoms with van der Waals surface area (Å²) in [5.41, 5.74) is 1.04. The first-order valence-electron chi connectivity index (χ1n) is 7.18. The summed E-state index contributed by atoms with van der Waals surface area (Å²) in [6.07, 6.45) is 1.67. The summed E-state index contributed by atoms with van der Waals surface area (Å²) in [7, 11) is 1.50. The summed E-state index contributed by atoms with van der Waals surface area (Å²) in [6, 6.07) is 9.51. The first-order valence-corrected chi connectivity index (χ1v) is 8.98. The Morgan fingerprint density at radius 3 is 2.83 bits per heavy atom. The van der Waals surface area contributed by atoms with Gasteiger partial charge >= 0.3 is 0 Å². The number of para-hydroxylation sites is 1. The minimum absolute atomic E-state index is 0.196. The third kappa shape index (κ3) is 3.57. The van der Waals surface area contributed by atoms with Gasteiger partial charge in [0.25, 0.3) is 5.91 Å². The van der Waals surface area contributed by atoms with Crippen LogP contribution in [0.4, 0.5) is 5.13 Å². The number of thioether (sulfide) groups is 1. The van der Waals surface area contributed by atoms with E-state index >= 15 is 0 Å². The maximum Gasteiger partial charge on any atom is 0.281 e. The van der Waals surface area contributed by atoms with Crippen molar-refractivity contribution >= 4 is 34.1 Å². The van der Waals surface area contributed by atoms with Crippen LogP contribution in [-0.2, 0) is 0 Å². The zero-order valence-corrected chi connectivity index (χ0v) is 14.7. The third-order valence-corrected chi connectivity index (χ3v) is 4.89. The standard InChI is InChI=1S/C15H15N5O2S2/c1-3-23-15-18-17-14(24-15)16-13(21)12-11(22-2)9-20(19-12)10-7-5-4-6-8-10/h4-9H,3H2,1-2H3,(H,16,17,21). The molecule has 124 valence electrons. The van der Waals surface area contributed by atoms with Crippen LogP contribution >= 0.6 is 23.1 Å². The first-order chi connectivity index (χ1) is 11.7. The van der Waals surface area contributed by atoms with Crippen LogP contribution in [-0.4, -0.2) is 38.7 Å². The van der Waals surface area contributed by atoms with Crippen LogP contribution in [0.5, 0.6) is 5.75 Å². The number of methoxy groups -OCH3 is 1. The SMILES string of the molecule is CCSc1nnc(NC(=O)c2nn(-c3ccccc3)cc2OC)s1. The second kappa shape index (κ2) is 7.45. The molecule has 1 amide bonds. The minimum atomic E-state index is -0.384. The fraction of sp³-hybridized carbons (Fsp3) is 0.200. The zero-order valence-electron chi connectivity index (χ0n) is 13.1. The van der Waals surface area contributed by atoms with E-state index in [1.807, 2.05) is 37.3 Å². The van der Waals surface area contributed by atoms with E-state index in [0.717, 1.165) is 15.8 Å². The van der Waals surface area contributed by atoms with Crippen molar-refractivity contribution < 1.29 is 9.53 Å². The van der Waals surface area contributed by atoms with Crippen molar-refractivity contribution in [3.05, 3.63) is 42.2 Å². The Morgan fingerprint density at radius 2 is 2.12 bits per heavy atom. The van der Waals surface area contributed by atoms with Gasteiger partial charge in [0, 0.05) is 0 Å². The van der Waals surface area contributed by atoms with Crippen molar-refractivity contribution in [3.8, 4) is 11.4 Å². The molecule has 9 heteroatoms. The molecule has 1 N–H and O–H groups in total. The van der Waals surface area contributed by atoms with E-state index in [1.54, 1.807) is 22.6 Å². The summed E-state index contributed by atoms with van der Waals surface area (Å²) in [5.74, 6) is 0.910. The van der Waals surface area contributed by atoms with Crippen molar-refractivity contribution in [3.63, 3.8) is 0 Å². The average molecular weight is 361 g/mol. The number of ether oxygens (including phenoxy) is 1. The van der Waals surface area contributed by atoms with E-state index in [0.29, 0.717) is 10.9 Å². The van der Waals surface area contributed by atoms with Crippen LogP contribution in [0.2, 0.25) is 0 Å². The maximum absolute atomic E-state index is 12.5. The highest BCUT2D eigenvalue weighted by atomic mass is 32.2. The lowest BCUT2D eigenvalue weighted by Gasteiger charge is -2.00. The lowest BCUT2D eigenvalue weighted by molar-refractivity contribution is 0.101. The predicted molar refractivity (Wildman–Crippen MR) is 94.4 cm³/mol. The van der Waals surface area contributed by atoms with Crippen LogP contribution in [0, 0.1) is 0 Å². The molecule has 0 aliphatic rings. The molecule has 3 aromatic rings. The lowest BCUT2D eigenvalue weighted by atomic mass is 10.3. The molecule has 7 nitrogen and oxygen atoms in total. The Kier molecular flexibility index (Phi) is 5.11. The summed E-state index contributed by atoms with van der Waals surface area (Å²) in [6.45, 7) is 2.03. The molecule has 0 saturated carbocycles. The molecular weight excluding hydrogens is 346 g/mol. The van der Waals surface area contributed by atoms with Crippen LogP contribution in [0.3, 0.4) is 0 Å².